The van der Waals surface area contributed by atoms with Crippen molar-refractivity contribution < 1.29 is 17.6 Å². The lowest BCUT2D eigenvalue weighted by molar-refractivity contribution is 0.0913. The second-order valence-corrected chi connectivity index (χ2v) is 8.33. The third-order valence-electron chi connectivity index (χ3n) is 3.48. The van der Waals surface area contributed by atoms with E-state index in [1.165, 1.54) is 0 Å². The molecule has 0 bridgehead atoms. The van der Waals surface area contributed by atoms with E-state index in [2.05, 4.69) is 21.2 Å². The van der Waals surface area contributed by atoms with Crippen LogP contribution in [0.2, 0.25) is 0 Å². The molecule has 1 aliphatic heterocycles. The van der Waals surface area contributed by atoms with Crippen LogP contribution in [0.3, 0.4) is 0 Å². The van der Waals surface area contributed by atoms with Gasteiger partial charge in [-0.2, -0.15) is 0 Å². The van der Waals surface area contributed by atoms with Gasteiger partial charge in [0, 0.05) is 16.6 Å². The van der Waals surface area contributed by atoms with Crippen LogP contribution in [0.15, 0.2) is 37.9 Å². The predicted octanol–water partition coefficient (Wildman–Crippen LogP) is 1.47. The minimum Gasteiger partial charge on any atom is -0.451 e. The Labute approximate surface area is 134 Å². The molecule has 3 rings (SSSR count). The van der Waals surface area contributed by atoms with Crippen molar-refractivity contribution in [1.82, 2.24) is 5.32 Å². The zero-order chi connectivity index (χ0) is 15.9. The van der Waals surface area contributed by atoms with Crippen molar-refractivity contribution in [1.29, 1.82) is 0 Å². The average Bonchev–Trinajstić information content (AvgIpc) is 2.77. The fraction of sp³-hybridized carbons (Fsp3) is 0.286. The fourth-order valence-electron chi connectivity index (χ4n) is 2.41. The van der Waals surface area contributed by atoms with Crippen LogP contribution in [0.4, 0.5) is 0 Å². The van der Waals surface area contributed by atoms with Crippen LogP contribution in [-0.2, 0) is 9.84 Å². The zero-order valence-electron chi connectivity index (χ0n) is 11.3. The van der Waals surface area contributed by atoms with Crippen LogP contribution in [0.5, 0.6) is 0 Å². The van der Waals surface area contributed by atoms with Gasteiger partial charge in [0.05, 0.1) is 16.9 Å². The quantitative estimate of drug-likeness (QED) is 0.844. The lowest BCUT2D eigenvalue weighted by atomic mass is 10.2. The predicted molar refractivity (Wildman–Crippen MR) is 84.7 cm³/mol. The highest BCUT2D eigenvalue weighted by atomic mass is 79.9. The van der Waals surface area contributed by atoms with Gasteiger partial charge >= 0.3 is 0 Å². The molecule has 22 heavy (non-hydrogen) atoms. The maximum Gasteiger partial charge on any atom is 0.287 e. The summed E-state index contributed by atoms with van der Waals surface area (Å²) in [5, 5.41) is 2.97. The van der Waals surface area contributed by atoms with E-state index in [0.29, 0.717) is 17.4 Å². The Kier molecular flexibility index (Phi) is 3.82. The first-order valence-corrected chi connectivity index (χ1v) is 9.20. The van der Waals surface area contributed by atoms with Crippen LogP contribution in [0.1, 0.15) is 17.0 Å². The Morgan fingerprint density at radius 1 is 1.32 bits per heavy atom. The number of nitrogens with one attached hydrogen (secondary N) is 1. The average molecular weight is 386 g/mol. The lowest BCUT2D eigenvalue weighted by Crippen LogP contribution is -2.35. The largest absolute Gasteiger partial charge is 0.451 e. The number of hydrogen-bond acceptors (Lipinski definition) is 5. The molecular weight excluding hydrogens is 374 g/mol. The molecule has 0 radical (unpaired) electrons. The first kappa shape index (κ1) is 15.2. The summed E-state index contributed by atoms with van der Waals surface area (Å²) in [5.74, 6) is -0.727. The highest BCUT2D eigenvalue weighted by molar-refractivity contribution is 9.10. The summed E-state index contributed by atoms with van der Waals surface area (Å²) in [6, 6.07) is 5.60. The van der Waals surface area contributed by atoms with E-state index in [9.17, 15) is 18.0 Å². The molecule has 1 aromatic carbocycles. The van der Waals surface area contributed by atoms with Crippen molar-refractivity contribution in [3.8, 4) is 0 Å². The number of halogens is 1. The number of fused-ring (bicyclic) bond motifs is 1. The van der Waals surface area contributed by atoms with E-state index in [1.54, 1.807) is 18.2 Å². The van der Waals surface area contributed by atoms with Crippen LogP contribution < -0.4 is 10.7 Å². The van der Waals surface area contributed by atoms with E-state index >= 15 is 0 Å². The summed E-state index contributed by atoms with van der Waals surface area (Å²) in [6.07, 6.45) is 0.372. The first-order chi connectivity index (χ1) is 10.3. The number of benzene rings is 1. The molecule has 1 fully saturated rings. The summed E-state index contributed by atoms with van der Waals surface area (Å²) in [6.45, 7) is 0. The third-order valence-corrected chi connectivity index (χ3v) is 5.74. The molecular formula is C14H12BrNO5S. The molecule has 0 spiro atoms. The summed E-state index contributed by atoms with van der Waals surface area (Å²) in [7, 11) is -3.08. The number of rotatable bonds is 2. The summed E-state index contributed by atoms with van der Waals surface area (Å²) in [4.78, 5) is 24.1. The van der Waals surface area contributed by atoms with E-state index < -0.39 is 21.8 Å². The molecule has 1 aromatic heterocycles. The van der Waals surface area contributed by atoms with Crippen LogP contribution in [-0.4, -0.2) is 31.9 Å². The Bertz CT molecular complexity index is 918. The molecule has 0 saturated carbocycles. The molecule has 1 atom stereocenters. The van der Waals surface area contributed by atoms with E-state index in [-0.39, 0.29) is 22.7 Å². The molecule has 1 N–H and O–H groups in total. The zero-order valence-corrected chi connectivity index (χ0v) is 13.7. The van der Waals surface area contributed by atoms with E-state index in [4.69, 9.17) is 4.42 Å². The topological polar surface area (TPSA) is 93.5 Å². The highest BCUT2D eigenvalue weighted by Gasteiger charge is 2.29. The highest BCUT2D eigenvalue weighted by Crippen LogP contribution is 2.19. The van der Waals surface area contributed by atoms with Gasteiger partial charge < -0.3 is 9.73 Å². The normalized spacial score (nSPS) is 20.1. The van der Waals surface area contributed by atoms with Gasteiger partial charge in [-0.05, 0) is 24.6 Å². The van der Waals surface area contributed by atoms with Crippen LogP contribution in [0, 0.1) is 0 Å². The van der Waals surface area contributed by atoms with E-state index in [1.807, 2.05) is 0 Å². The van der Waals surface area contributed by atoms with Crippen molar-refractivity contribution in [2.75, 3.05) is 11.5 Å². The number of sulfone groups is 1. The molecule has 6 nitrogen and oxygen atoms in total. The van der Waals surface area contributed by atoms with Gasteiger partial charge in [-0.15, -0.1) is 0 Å². The maximum atomic E-state index is 12.1. The Morgan fingerprint density at radius 2 is 2.09 bits per heavy atom. The number of carbonyl (C=O) groups excluding carboxylic acids is 1. The molecule has 2 aromatic rings. The molecule has 8 heteroatoms. The van der Waals surface area contributed by atoms with Gasteiger partial charge in [0.2, 0.25) is 0 Å². The SMILES string of the molecule is O=C(N[C@@H]1CCS(=O)(=O)C1)c1cc(=O)c2ccc(Br)cc2o1. The number of amides is 1. The molecule has 2 heterocycles. The van der Waals surface area contributed by atoms with Gasteiger partial charge in [-0.25, -0.2) is 8.42 Å². The molecule has 1 aliphatic rings. The van der Waals surface area contributed by atoms with E-state index in [0.717, 1.165) is 10.5 Å². The smallest absolute Gasteiger partial charge is 0.287 e. The summed E-state index contributed by atoms with van der Waals surface area (Å²) in [5.41, 5.74) is -0.0241. The van der Waals surface area contributed by atoms with Crippen molar-refractivity contribution in [3.63, 3.8) is 0 Å². The Hall–Kier alpha value is -1.67. The number of hydrogen-bond donors (Lipinski definition) is 1. The minimum absolute atomic E-state index is 0.0621. The Morgan fingerprint density at radius 3 is 2.77 bits per heavy atom. The van der Waals surface area contributed by atoms with Crippen molar-refractivity contribution in [3.05, 3.63) is 44.7 Å². The van der Waals surface area contributed by atoms with Gasteiger partial charge in [0.15, 0.2) is 21.0 Å². The van der Waals surface area contributed by atoms with Gasteiger partial charge in [0.25, 0.3) is 5.91 Å². The van der Waals surface area contributed by atoms with Crippen LogP contribution >= 0.6 is 15.9 Å². The van der Waals surface area contributed by atoms with Crippen LogP contribution in [0.25, 0.3) is 11.0 Å². The fourth-order valence-corrected chi connectivity index (χ4v) is 4.42. The van der Waals surface area contributed by atoms with Gasteiger partial charge in [0.1, 0.15) is 5.58 Å². The van der Waals surface area contributed by atoms with Gasteiger partial charge in [-0.3, -0.25) is 9.59 Å². The second kappa shape index (κ2) is 5.51. The van der Waals surface area contributed by atoms with Crippen molar-refractivity contribution in [2.45, 2.75) is 12.5 Å². The lowest BCUT2D eigenvalue weighted by Gasteiger charge is -2.10. The third kappa shape index (κ3) is 3.07. The molecule has 0 aliphatic carbocycles. The Balaban J connectivity index is 1.90. The molecule has 1 saturated heterocycles. The molecule has 116 valence electrons. The second-order valence-electron chi connectivity index (χ2n) is 5.19. The standard InChI is InChI=1S/C14H12BrNO5S/c15-8-1-2-10-11(17)6-13(21-12(10)5-8)14(18)16-9-3-4-22(19,20)7-9/h1-2,5-6,9H,3-4,7H2,(H,16,18)/t9-/m1/s1. The van der Waals surface area contributed by atoms with Gasteiger partial charge in [-0.1, -0.05) is 15.9 Å². The molecule has 0 unspecified atom stereocenters. The minimum atomic E-state index is -3.08. The maximum absolute atomic E-state index is 12.1. The summed E-state index contributed by atoms with van der Waals surface area (Å²) < 4.78 is 29.0. The number of carbonyl (C=O) groups is 1. The van der Waals surface area contributed by atoms with Crippen molar-refractivity contribution in [2.24, 2.45) is 0 Å². The van der Waals surface area contributed by atoms with Crippen molar-refractivity contribution >= 4 is 42.6 Å². The molecule has 1 amide bonds. The first-order valence-electron chi connectivity index (χ1n) is 6.59. The summed E-state index contributed by atoms with van der Waals surface area (Å²) >= 11 is 3.27. The monoisotopic (exact) mass is 385 g/mol.